The second-order valence-corrected chi connectivity index (χ2v) is 8.15. The standard InChI is InChI=1S/C22H23FN2O2/c1-22(2)11-18(21(24)26)25(13-22)12-14-7-8-19-15(9-14)10-20(27-19)16-5-3-4-6-17(16)23/h3-10,18H,11-13H2,1-2H3,(H2,24,26). The monoisotopic (exact) mass is 366 g/mol. The van der Waals surface area contributed by atoms with Crippen molar-refractivity contribution in [3.63, 3.8) is 0 Å². The van der Waals surface area contributed by atoms with Crippen LogP contribution in [0.5, 0.6) is 0 Å². The number of primary amides is 1. The Morgan fingerprint density at radius 1 is 1.26 bits per heavy atom. The molecule has 0 bridgehead atoms. The third kappa shape index (κ3) is 3.47. The summed E-state index contributed by atoms with van der Waals surface area (Å²) in [4.78, 5) is 14.0. The third-order valence-electron chi connectivity index (χ3n) is 5.25. The number of furan rings is 1. The lowest BCUT2D eigenvalue weighted by Crippen LogP contribution is -2.39. The predicted molar refractivity (Wildman–Crippen MR) is 103 cm³/mol. The SMILES string of the molecule is CC1(C)CC(C(N)=O)N(Cc2ccc3oc(-c4ccccc4F)cc3c2)C1. The molecule has 1 aromatic heterocycles. The molecule has 140 valence electrons. The summed E-state index contributed by atoms with van der Waals surface area (Å²) in [6.45, 7) is 5.78. The molecule has 27 heavy (non-hydrogen) atoms. The van der Waals surface area contributed by atoms with Crippen LogP contribution in [-0.2, 0) is 11.3 Å². The van der Waals surface area contributed by atoms with Gasteiger partial charge in [-0.2, -0.15) is 0 Å². The lowest BCUT2D eigenvalue weighted by atomic mass is 9.90. The van der Waals surface area contributed by atoms with Gasteiger partial charge in [0.15, 0.2) is 0 Å². The van der Waals surface area contributed by atoms with Gasteiger partial charge in [0.25, 0.3) is 0 Å². The Balaban J connectivity index is 1.62. The molecule has 2 aromatic carbocycles. The summed E-state index contributed by atoms with van der Waals surface area (Å²) in [7, 11) is 0. The molecule has 1 atom stereocenters. The van der Waals surface area contributed by atoms with E-state index in [1.165, 1.54) is 6.07 Å². The molecule has 2 N–H and O–H groups in total. The number of hydrogen-bond acceptors (Lipinski definition) is 3. The number of carbonyl (C=O) groups is 1. The van der Waals surface area contributed by atoms with Crippen molar-refractivity contribution in [3.05, 3.63) is 59.9 Å². The van der Waals surface area contributed by atoms with Gasteiger partial charge in [-0.05, 0) is 47.7 Å². The summed E-state index contributed by atoms with van der Waals surface area (Å²) < 4.78 is 19.9. The first-order valence-electron chi connectivity index (χ1n) is 9.13. The van der Waals surface area contributed by atoms with E-state index >= 15 is 0 Å². The molecule has 5 heteroatoms. The minimum absolute atomic E-state index is 0.0669. The zero-order valence-corrected chi connectivity index (χ0v) is 15.5. The number of benzene rings is 2. The lowest BCUT2D eigenvalue weighted by molar-refractivity contribution is -0.122. The fourth-order valence-corrected chi connectivity index (χ4v) is 4.04. The fraction of sp³-hybridized carbons (Fsp3) is 0.318. The van der Waals surface area contributed by atoms with Gasteiger partial charge in [-0.15, -0.1) is 0 Å². The smallest absolute Gasteiger partial charge is 0.234 e. The Bertz CT molecular complexity index is 1010. The van der Waals surface area contributed by atoms with E-state index < -0.39 is 0 Å². The Morgan fingerprint density at radius 2 is 2.04 bits per heavy atom. The van der Waals surface area contributed by atoms with Crippen LogP contribution in [0.3, 0.4) is 0 Å². The van der Waals surface area contributed by atoms with Gasteiger partial charge in [-0.25, -0.2) is 4.39 Å². The van der Waals surface area contributed by atoms with Crippen molar-refractivity contribution in [2.75, 3.05) is 6.54 Å². The molecule has 4 rings (SSSR count). The second-order valence-electron chi connectivity index (χ2n) is 8.15. The van der Waals surface area contributed by atoms with Crippen molar-refractivity contribution in [1.29, 1.82) is 0 Å². The number of nitrogens with zero attached hydrogens (tertiary/aromatic N) is 1. The molecule has 4 nitrogen and oxygen atoms in total. The molecule has 1 amide bonds. The molecule has 0 radical (unpaired) electrons. The van der Waals surface area contributed by atoms with Crippen LogP contribution in [0.4, 0.5) is 4.39 Å². The lowest BCUT2D eigenvalue weighted by Gasteiger charge is -2.22. The number of rotatable bonds is 4. The first-order valence-corrected chi connectivity index (χ1v) is 9.13. The molecule has 3 aromatic rings. The van der Waals surface area contributed by atoms with Crippen LogP contribution in [0.1, 0.15) is 25.8 Å². The van der Waals surface area contributed by atoms with Gasteiger partial charge in [-0.1, -0.05) is 32.0 Å². The van der Waals surface area contributed by atoms with Crippen LogP contribution in [0.15, 0.2) is 52.9 Å². The zero-order valence-electron chi connectivity index (χ0n) is 15.5. The number of amides is 1. The number of likely N-dealkylation sites (tertiary alicyclic amines) is 1. The summed E-state index contributed by atoms with van der Waals surface area (Å²) in [5, 5.41) is 0.917. The van der Waals surface area contributed by atoms with Gasteiger partial charge in [-0.3, -0.25) is 9.69 Å². The van der Waals surface area contributed by atoms with E-state index in [9.17, 15) is 9.18 Å². The quantitative estimate of drug-likeness (QED) is 0.748. The zero-order chi connectivity index (χ0) is 19.2. The van der Waals surface area contributed by atoms with Crippen molar-refractivity contribution in [2.24, 2.45) is 11.1 Å². The molecule has 1 saturated heterocycles. The third-order valence-corrected chi connectivity index (χ3v) is 5.25. The maximum Gasteiger partial charge on any atom is 0.234 e. The van der Waals surface area contributed by atoms with Crippen molar-refractivity contribution < 1.29 is 13.6 Å². The number of hydrogen-bond donors (Lipinski definition) is 1. The summed E-state index contributed by atoms with van der Waals surface area (Å²) in [5.41, 5.74) is 7.91. The number of fused-ring (bicyclic) bond motifs is 1. The molecule has 1 fully saturated rings. The Morgan fingerprint density at radius 3 is 2.78 bits per heavy atom. The van der Waals surface area contributed by atoms with E-state index in [1.54, 1.807) is 18.2 Å². The minimum atomic E-state index is -0.305. The maximum atomic E-state index is 14.0. The van der Waals surface area contributed by atoms with E-state index in [1.807, 2.05) is 24.3 Å². The Hall–Kier alpha value is -2.66. The first-order chi connectivity index (χ1) is 12.8. The van der Waals surface area contributed by atoms with Crippen molar-refractivity contribution in [1.82, 2.24) is 4.90 Å². The van der Waals surface area contributed by atoms with E-state index in [0.717, 1.165) is 23.9 Å². The van der Waals surface area contributed by atoms with Crippen molar-refractivity contribution in [2.45, 2.75) is 32.9 Å². The summed E-state index contributed by atoms with van der Waals surface area (Å²) in [6, 6.07) is 14.1. The van der Waals surface area contributed by atoms with Crippen LogP contribution >= 0.6 is 0 Å². The fourth-order valence-electron chi connectivity index (χ4n) is 4.04. The normalized spacial score (nSPS) is 19.6. The van der Waals surface area contributed by atoms with Crippen LogP contribution < -0.4 is 5.73 Å². The van der Waals surface area contributed by atoms with Crippen molar-refractivity contribution >= 4 is 16.9 Å². The molecular formula is C22H23FN2O2. The number of carbonyl (C=O) groups excluding carboxylic acids is 1. The molecule has 0 saturated carbocycles. The second kappa shape index (κ2) is 6.50. The van der Waals surface area contributed by atoms with Gasteiger partial charge in [0, 0.05) is 18.5 Å². The molecule has 1 unspecified atom stereocenters. The van der Waals surface area contributed by atoms with Crippen LogP contribution in [0, 0.1) is 11.2 Å². The minimum Gasteiger partial charge on any atom is -0.456 e. The molecule has 1 aliphatic rings. The highest BCUT2D eigenvalue weighted by atomic mass is 19.1. The van der Waals surface area contributed by atoms with E-state index in [-0.39, 0.29) is 23.2 Å². The van der Waals surface area contributed by atoms with Crippen LogP contribution in [0.25, 0.3) is 22.3 Å². The average molecular weight is 366 g/mol. The molecule has 1 aliphatic heterocycles. The Kier molecular flexibility index (Phi) is 4.27. The highest BCUT2D eigenvalue weighted by molar-refractivity contribution is 5.83. The topological polar surface area (TPSA) is 59.5 Å². The first kappa shape index (κ1) is 17.7. The van der Waals surface area contributed by atoms with Gasteiger partial charge in [0.05, 0.1) is 11.6 Å². The van der Waals surface area contributed by atoms with Crippen LogP contribution in [-0.4, -0.2) is 23.4 Å². The van der Waals surface area contributed by atoms with Gasteiger partial charge < -0.3 is 10.2 Å². The summed E-state index contributed by atoms with van der Waals surface area (Å²) >= 11 is 0. The van der Waals surface area contributed by atoms with E-state index in [2.05, 4.69) is 18.7 Å². The number of nitrogens with two attached hydrogens (primary N) is 1. The van der Waals surface area contributed by atoms with Crippen LogP contribution in [0.2, 0.25) is 0 Å². The largest absolute Gasteiger partial charge is 0.456 e. The maximum absolute atomic E-state index is 14.0. The Labute approximate surface area is 157 Å². The number of halogens is 1. The van der Waals surface area contributed by atoms with Crippen molar-refractivity contribution in [3.8, 4) is 11.3 Å². The molecule has 0 spiro atoms. The highest BCUT2D eigenvalue weighted by Gasteiger charge is 2.40. The summed E-state index contributed by atoms with van der Waals surface area (Å²) in [5.74, 6) is -0.0650. The molecule has 2 heterocycles. The molecular weight excluding hydrogens is 343 g/mol. The average Bonchev–Trinajstić information content (AvgIpc) is 3.15. The van der Waals surface area contributed by atoms with Gasteiger partial charge >= 0.3 is 0 Å². The predicted octanol–water partition coefficient (Wildman–Crippen LogP) is 4.32. The highest BCUT2D eigenvalue weighted by Crippen LogP contribution is 2.35. The van der Waals surface area contributed by atoms with Gasteiger partial charge in [0.1, 0.15) is 17.2 Å². The summed E-state index contributed by atoms with van der Waals surface area (Å²) in [6.07, 6.45) is 0.772. The van der Waals surface area contributed by atoms with E-state index in [4.69, 9.17) is 10.2 Å². The van der Waals surface area contributed by atoms with E-state index in [0.29, 0.717) is 23.5 Å². The van der Waals surface area contributed by atoms with Gasteiger partial charge in [0.2, 0.25) is 5.91 Å². The molecule has 0 aliphatic carbocycles.